The topological polar surface area (TPSA) is 118 Å². The molecule has 2 aromatic heterocycles. The Bertz CT molecular complexity index is 626. The van der Waals surface area contributed by atoms with Crippen LogP contribution in [0.1, 0.15) is 16.1 Å². The van der Waals surface area contributed by atoms with Crippen LogP contribution in [0.2, 0.25) is 0 Å². The average Bonchev–Trinajstić information content (AvgIpc) is 2.71. The van der Waals surface area contributed by atoms with E-state index in [4.69, 9.17) is 16.1 Å². The van der Waals surface area contributed by atoms with E-state index in [1.165, 1.54) is 29.3 Å². The van der Waals surface area contributed by atoms with Gasteiger partial charge in [0.2, 0.25) is 0 Å². The summed E-state index contributed by atoms with van der Waals surface area (Å²) in [5.41, 5.74) is 6.00. The standard InChI is InChI=1S/C10H7N5O2/c11-3-6-1-2-13-4-8(6)15-5-7(12)9(14-15)10(16)17/h1-2,4-5H,12H2,(H,16,17). The number of carbonyl (C=O) groups is 1. The van der Waals surface area contributed by atoms with E-state index >= 15 is 0 Å². The molecule has 0 amide bonds. The molecule has 2 aromatic rings. The van der Waals surface area contributed by atoms with Crippen molar-refractivity contribution in [3.63, 3.8) is 0 Å². The largest absolute Gasteiger partial charge is 0.476 e. The van der Waals surface area contributed by atoms with Crippen LogP contribution < -0.4 is 5.73 Å². The molecule has 2 rings (SSSR count). The highest BCUT2D eigenvalue weighted by Gasteiger charge is 2.15. The first kappa shape index (κ1) is 10.6. The maximum atomic E-state index is 10.8. The lowest BCUT2D eigenvalue weighted by atomic mass is 10.2. The van der Waals surface area contributed by atoms with E-state index in [1.807, 2.05) is 6.07 Å². The Kier molecular flexibility index (Phi) is 2.46. The van der Waals surface area contributed by atoms with E-state index in [0.717, 1.165) is 0 Å². The van der Waals surface area contributed by atoms with Gasteiger partial charge in [-0.1, -0.05) is 0 Å². The van der Waals surface area contributed by atoms with Crippen LogP contribution in [0.3, 0.4) is 0 Å². The summed E-state index contributed by atoms with van der Waals surface area (Å²) in [6.07, 6.45) is 4.21. The Morgan fingerprint density at radius 2 is 2.35 bits per heavy atom. The van der Waals surface area contributed by atoms with E-state index in [1.54, 1.807) is 0 Å². The van der Waals surface area contributed by atoms with Crippen LogP contribution in [0, 0.1) is 11.3 Å². The molecule has 0 saturated carbocycles. The Morgan fingerprint density at radius 3 is 2.94 bits per heavy atom. The lowest BCUT2D eigenvalue weighted by molar-refractivity contribution is 0.0691. The lowest BCUT2D eigenvalue weighted by Crippen LogP contribution is -2.03. The molecule has 0 aliphatic heterocycles. The van der Waals surface area contributed by atoms with E-state index in [2.05, 4.69) is 10.1 Å². The van der Waals surface area contributed by atoms with Gasteiger partial charge in [-0.2, -0.15) is 10.4 Å². The van der Waals surface area contributed by atoms with E-state index in [-0.39, 0.29) is 11.4 Å². The third-order valence-electron chi connectivity index (χ3n) is 2.11. The van der Waals surface area contributed by atoms with Gasteiger partial charge in [0.05, 0.1) is 23.6 Å². The number of rotatable bonds is 2. The molecule has 0 bridgehead atoms. The van der Waals surface area contributed by atoms with Crippen LogP contribution in [-0.4, -0.2) is 25.8 Å². The normalized spacial score (nSPS) is 9.82. The number of nitriles is 1. The van der Waals surface area contributed by atoms with Crippen LogP contribution >= 0.6 is 0 Å². The Morgan fingerprint density at radius 1 is 1.59 bits per heavy atom. The second-order valence-corrected chi connectivity index (χ2v) is 3.19. The predicted molar refractivity (Wildman–Crippen MR) is 57.4 cm³/mol. The van der Waals surface area contributed by atoms with Crippen LogP contribution in [0.5, 0.6) is 0 Å². The first-order valence-electron chi connectivity index (χ1n) is 4.56. The zero-order chi connectivity index (χ0) is 12.4. The fraction of sp³-hybridized carbons (Fsp3) is 0. The minimum atomic E-state index is -1.22. The maximum absolute atomic E-state index is 10.8. The number of pyridine rings is 1. The Hall–Kier alpha value is -2.88. The lowest BCUT2D eigenvalue weighted by Gasteiger charge is -2.01. The molecule has 0 fully saturated rings. The molecule has 17 heavy (non-hydrogen) atoms. The third-order valence-corrected chi connectivity index (χ3v) is 2.11. The summed E-state index contributed by atoms with van der Waals surface area (Å²) in [5, 5.41) is 21.5. The van der Waals surface area contributed by atoms with Crippen LogP contribution in [0.15, 0.2) is 24.7 Å². The number of aromatic carboxylic acids is 1. The molecule has 7 heteroatoms. The van der Waals surface area contributed by atoms with E-state index < -0.39 is 5.97 Å². The number of aromatic nitrogens is 3. The van der Waals surface area contributed by atoms with Gasteiger partial charge in [-0.15, -0.1) is 0 Å². The van der Waals surface area contributed by atoms with Gasteiger partial charge in [0.15, 0.2) is 5.69 Å². The van der Waals surface area contributed by atoms with Gasteiger partial charge >= 0.3 is 5.97 Å². The molecular weight excluding hydrogens is 222 g/mol. The minimum Gasteiger partial charge on any atom is -0.476 e. The van der Waals surface area contributed by atoms with Crippen molar-refractivity contribution in [2.24, 2.45) is 0 Å². The van der Waals surface area contributed by atoms with Crippen molar-refractivity contribution >= 4 is 11.7 Å². The fourth-order valence-corrected chi connectivity index (χ4v) is 1.34. The Labute approximate surface area is 95.7 Å². The summed E-state index contributed by atoms with van der Waals surface area (Å²) in [7, 11) is 0. The second kappa shape index (κ2) is 3.94. The number of anilines is 1. The number of nitrogens with two attached hydrogens (primary N) is 1. The van der Waals surface area contributed by atoms with Crippen molar-refractivity contribution < 1.29 is 9.90 Å². The molecule has 0 radical (unpaired) electrons. The summed E-state index contributed by atoms with van der Waals surface area (Å²) in [4.78, 5) is 14.6. The summed E-state index contributed by atoms with van der Waals surface area (Å²) < 4.78 is 1.23. The van der Waals surface area contributed by atoms with E-state index in [9.17, 15) is 4.79 Å². The molecule has 0 aliphatic rings. The number of nitrogens with zero attached hydrogens (tertiary/aromatic N) is 4. The maximum Gasteiger partial charge on any atom is 0.358 e. The summed E-state index contributed by atoms with van der Waals surface area (Å²) in [5.74, 6) is -1.22. The predicted octanol–water partition coefficient (Wildman–Crippen LogP) is 0.419. The molecule has 0 spiro atoms. The highest BCUT2D eigenvalue weighted by atomic mass is 16.4. The quantitative estimate of drug-likeness (QED) is 0.770. The molecule has 0 atom stereocenters. The van der Waals surface area contributed by atoms with Gasteiger partial charge in [-0.3, -0.25) is 4.98 Å². The molecule has 0 saturated heterocycles. The molecule has 84 valence electrons. The average molecular weight is 229 g/mol. The Balaban J connectivity index is 2.58. The van der Waals surface area contributed by atoms with Crippen molar-refractivity contribution in [2.75, 3.05) is 5.73 Å². The van der Waals surface area contributed by atoms with Crippen molar-refractivity contribution in [3.8, 4) is 11.8 Å². The molecule has 0 aromatic carbocycles. The van der Waals surface area contributed by atoms with Crippen LogP contribution in [-0.2, 0) is 0 Å². The number of carboxylic acid groups (broad SMARTS) is 1. The first-order valence-corrected chi connectivity index (χ1v) is 4.56. The highest BCUT2D eigenvalue weighted by Crippen LogP contribution is 2.16. The van der Waals surface area contributed by atoms with Gasteiger partial charge in [0.25, 0.3) is 0 Å². The monoisotopic (exact) mass is 229 g/mol. The van der Waals surface area contributed by atoms with Gasteiger partial charge in [0.1, 0.15) is 11.8 Å². The molecule has 0 unspecified atom stereocenters. The number of hydrogen-bond acceptors (Lipinski definition) is 5. The third kappa shape index (κ3) is 1.79. The molecule has 2 heterocycles. The number of carboxylic acids is 1. The van der Waals surface area contributed by atoms with Crippen LogP contribution in [0.25, 0.3) is 5.69 Å². The number of nitrogen functional groups attached to an aromatic ring is 1. The summed E-state index contributed by atoms with van der Waals surface area (Å²) in [6.45, 7) is 0. The van der Waals surface area contributed by atoms with Crippen molar-refractivity contribution in [1.29, 1.82) is 5.26 Å². The van der Waals surface area contributed by atoms with Crippen molar-refractivity contribution in [2.45, 2.75) is 0 Å². The summed E-state index contributed by atoms with van der Waals surface area (Å²) >= 11 is 0. The molecule has 0 aliphatic carbocycles. The highest BCUT2D eigenvalue weighted by molar-refractivity contribution is 5.91. The van der Waals surface area contributed by atoms with Crippen molar-refractivity contribution in [3.05, 3.63) is 35.9 Å². The molecule has 7 nitrogen and oxygen atoms in total. The van der Waals surface area contributed by atoms with Crippen molar-refractivity contribution in [1.82, 2.24) is 14.8 Å². The zero-order valence-electron chi connectivity index (χ0n) is 8.53. The second-order valence-electron chi connectivity index (χ2n) is 3.19. The molecule has 3 N–H and O–H groups in total. The van der Waals surface area contributed by atoms with Gasteiger partial charge < -0.3 is 10.8 Å². The van der Waals surface area contributed by atoms with Gasteiger partial charge in [-0.05, 0) is 6.07 Å². The summed E-state index contributed by atoms with van der Waals surface area (Å²) in [6, 6.07) is 3.47. The number of hydrogen-bond donors (Lipinski definition) is 2. The smallest absolute Gasteiger partial charge is 0.358 e. The van der Waals surface area contributed by atoms with E-state index in [0.29, 0.717) is 11.3 Å². The molecular formula is C10H7N5O2. The SMILES string of the molecule is N#Cc1ccncc1-n1cc(N)c(C(=O)O)n1. The minimum absolute atomic E-state index is 0.0326. The zero-order valence-corrected chi connectivity index (χ0v) is 8.53. The van der Waals surface area contributed by atoms with Gasteiger partial charge in [0, 0.05) is 6.20 Å². The van der Waals surface area contributed by atoms with Crippen LogP contribution in [0.4, 0.5) is 5.69 Å². The fourth-order valence-electron chi connectivity index (χ4n) is 1.34. The van der Waals surface area contributed by atoms with Gasteiger partial charge in [-0.25, -0.2) is 9.48 Å². The first-order chi connectivity index (χ1) is 8.13.